The first-order valence-electron chi connectivity index (χ1n) is 5.42. The van der Waals surface area contributed by atoms with Crippen LogP contribution in [0.2, 0.25) is 4.34 Å². The lowest BCUT2D eigenvalue weighted by molar-refractivity contribution is -0.136. The van der Waals surface area contributed by atoms with Gasteiger partial charge < -0.3 is 10.4 Å². The number of thiophene rings is 1. The minimum Gasteiger partial charge on any atom is -0.481 e. The third-order valence-electron chi connectivity index (χ3n) is 2.40. The summed E-state index contributed by atoms with van der Waals surface area (Å²) in [6.07, 6.45) is -0.137. The number of carbonyl (C=O) groups excluding carboxylic acids is 1. The Morgan fingerprint density at radius 1 is 1.21 bits per heavy atom. The highest BCUT2D eigenvalue weighted by atomic mass is 35.5. The molecule has 0 atom stereocenters. The maximum absolute atomic E-state index is 12.0. The van der Waals surface area contributed by atoms with E-state index in [0.29, 0.717) is 20.5 Å². The van der Waals surface area contributed by atoms with Gasteiger partial charge in [0.05, 0.1) is 15.6 Å². The van der Waals surface area contributed by atoms with Gasteiger partial charge in [-0.05, 0) is 23.8 Å². The van der Waals surface area contributed by atoms with E-state index < -0.39 is 5.97 Å². The fourth-order valence-corrected chi connectivity index (χ4v) is 2.52. The molecule has 0 unspecified atom stereocenters. The summed E-state index contributed by atoms with van der Waals surface area (Å²) in [6, 6.07) is 10.1. The van der Waals surface area contributed by atoms with Crippen LogP contribution in [-0.2, 0) is 11.2 Å². The molecule has 0 aliphatic carbocycles. The zero-order chi connectivity index (χ0) is 13.8. The van der Waals surface area contributed by atoms with Gasteiger partial charge in [-0.15, -0.1) is 11.3 Å². The summed E-state index contributed by atoms with van der Waals surface area (Å²) in [5, 5.41) is 11.5. The topological polar surface area (TPSA) is 66.4 Å². The molecule has 0 saturated heterocycles. The lowest BCUT2D eigenvalue weighted by Gasteiger charge is -2.08. The van der Waals surface area contributed by atoms with Crippen LogP contribution in [-0.4, -0.2) is 17.0 Å². The predicted octanol–water partition coefficient (Wildman–Crippen LogP) is 3.28. The molecule has 2 aromatic rings. The van der Waals surface area contributed by atoms with Crippen LogP contribution in [0, 0.1) is 0 Å². The van der Waals surface area contributed by atoms with Gasteiger partial charge in [-0.2, -0.15) is 0 Å². The fraction of sp³-hybridized carbons (Fsp3) is 0.0769. The number of nitrogens with one attached hydrogen (secondary N) is 1. The van der Waals surface area contributed by atoms with Gasteiger partial charge in [-0.1, -0.05) is 29.8 Å². The minimum atomic E-state index is -0.944. The van der Waals surface area contributed by atoms with Gasteiger partial charge in [-0.3, -0.25) is 9.59 Å². The number of halogens is 1. The Labute approximate surface area is 118 Å². The Morgan fingerprint density at radius 2 is 1.95 bits per heavy atom. The monoisotopic (exact) mass is 295 g/mol. The molecule has 2 rings (SSSR count). The number of aliphatic carboxylic acids is 1. The van der Waals surface area contributed by atoms with Gasteiger partial charge in [-0.25, -0.2) is 0 Å². The van der Waals surface area contributed by atoms with Gasteiger partial charge in [0.15, 0.2) is 0 Å². The van der Waals surface area contributed by atoms with E-state index in [-0.39, 0.29) is 12.3 Å². The van der Waals surface area contributed by atoms with Crippen molar-refractivity contribution < 1.29 is 14.7 Å². The maximum Gasteiger partial charge on any atom is 0.307 e. The molecule has 0 radical (unpaired) electrons. The number of anilines is 1. The zero-order valence-electron chi connectivity index (χ0n) is 9.72. The van der Waals surface area contributed by atoms with E-state index in [1.54, 1.807) is 36.4 Å². The first-order valence-corrected chi connectivity index (χ1v) is 6.62. The predicted molar refractivity (Wildman–Crippen MR) is 75.1 cm³/mol. The third-order valence-corrected chi connectivity index (χ3v) is 3.63. The van der Waals surface area contributed by atoms with Gasteiger partial charge in [0.25, 0.3) is 5.91 Å². The van der Waals surface area contributed by atoms with Crippen molar-refractivity contribution in [2.75, 3.05) is 5.32 Å². The first-order chi connectivity index (χ1) is 9.06. The molecule has 4 nitrogen and oxygen atoms in total. The van der Waals surface area contributed by atoms with Crippen LogP contribution in [0.15, 0.2) is 36.4 Å². The van der Waals surface area contributed by atoms with E-state index >= 15 is 0 Å². The Kier molecular flexibility index (Phi) is 4.19. The molecule has 6 heteroatoms. The summed E-state index contributed by atoms with van der Waals surface area (Å²) in [5.41, 5.74) is 1.06. The van der Waals surface area contributed by atoms with Crippen molar-refractivity contribution in [3.05, 3.63) is 51.2 Å². The summed E-state index contributed by atoms with van der Waals surface area (Å²) >= 11 is 6.94. The van der Waals surface area contributed by atoms with Gasteiger partial charge in [0, 0.05) is 5.69 Å². The molecule has 1 amide bonds. The molecule has 0 saturated carbocycles. The Morgan fingerprint density at radius 3 is 2.58 bits per heavy atom. The molecule has 0 aliphatic rings. The van der Waals surface area contributed by atoms with Crippen molar-refractivity contribution in [2.24, 2.45) is 0 Å². The number of carbonyl (C=O) groups is 2. The van der Waals surface area contributed by atoms with Gasteiger partial charge in [0.2, 0.25) is 0 Å². The lowest BCUT2D eigenvalue weighted by atomic mass is 10.1. The van der Waals surface area contributed by atoms with E-state index in [4.69, 9.17) is 16.7 Å². The number of carboxylic acids is 1. The average Bonchev–Trinajstić information content (AvgIpc) is 2.78. The molecule has 98 valence electrons. The summed E-state index contributed by atoms with van der Waals surface area (Å²) in [7, 11) is 0. The van der Waals surface area contributed by atoms with E-state index in [1.165, 1.54) is 11.3 Å². The van der Waals surface area contributed by atoms with Crippen LogP contribution in [0.1, 0.15) is 15.2 Å². The average molecular weight is 296 g/mol. The molecule has 0 fully saturated rings. The highest BCUT2D eigenvalue weighted by molar-refractivity contribution is 7.18. The van der Waals surface area contributed by atoms with Crippen molar-refractivity contribution in [2.45, 2.75) is 6.42 Å². The number of hydrogen-bond donors (Lipinski definition) is 2. The number of rotatable bonds is 4. The second-order valence-corrected chi connectivity index (χ2v) is 5.50. The number of hydrogen-bond acceptors (Lipinski definition) is 3. The Hall–Kier alpha value is -1.85. The molecule has 2 N–H and O–H groups in total. The number of amides is 1. The van der Waals surface area contributed by atoms with Crippen LogP contribution in [0.25, 0.3) is 0 Å². The second kappa shape index (κ2) is 5.86. The Balaban J connectivity index is 2.19. The zero-order valence-corrected chi connectivity index (χ0v) is 11.3. The normalized spacial score (nSPS) is 10.2. The molecule has 1 aromatic heterocycles. The summed E-state index contributed by atoms with van der Waals surface area (Å²) < 4.78 is 0.531. The van der Waals surface area contributed by atoms with Crippen LogP contribution in [0.5, 0.6) is 0 Å². The maximum atomic E-state index is 12.0. The molecule has 0 aliphatic heterocycles. The van der Waals surface area contributed by atoms with E-state index in [0.717, 1.165) is 0 Å². The Bertz CT molecular complexity index is 624. The molecule has 0 spiro atoms. The molecule has 0 bridgehead atoms. The quantitative estimate of drug-likeness (QED) is 0.909. The van der Waals surface area contributed by atoms with E-state index in [9.17, 15) is 9.59 Å². The summed E-state index contributed by atoms with van der Waals surface area (Å²) in [4.78, 5) is 23.2. The minimum absolute atomic E-state index is 0.137. The molecule has 1 aromatic carbocycles. The SMILES string of the molecule is O=C(O)Cc1ccccc1NC(=O)c1ccc(Cl)s1. The van der Waals surface area contributed by atoms with Gasteiger partial charge >= 0.3 is 5.97 Å². The van der Waals surface area contributed by atoms with Crippen molar-refractivity contribution >= 4 is 40.5 Å². The standard InChI is InChI=1S/C13H10ClNO3S/c14-11-6-5-10(19-11)13(18)15-9-4-2-1-3-8(9)7-12(16)17/h1-6H,7H2,(H,15,18)(H,16,17). The van der Waals surface area contributed by atoms with E-state index in [2.05, 4.69) is 5.32 Å². The lowest BCUT2D eigenvalue weighted by Crippen LogP contribution is -2.13. The number of carboxylic acid groups (broad SMARTS) is 1. The largest absolute Gasteiger partial charge is 0.481 e. The van der Waals surface area contributed by atoms with Gasteiger partial charge in [0.1, 0.15) is 0 Å². The van der Waals surface area contributed by atoms with Crippen molar-refractivity contribution in [3.63, 3.8) is 0 Å². The molecular formula is C13H10ClNO3S. The second-order valence-electron chi connectivity index (χ2n) is 3.79. The third kappa shape index (κ3) is 3.56. The van der Waals surface area contributed by atoms with Crippen LogP contribution >= 0.6 is 22.9 Å². The van der Waals surface area contributed by atoms with Crippen molar-refractivity contribution in [1.29, 1.82) is 0 Å². The van der Waals surface area contributed by atoms with Crippen molar-refractivity contribution in [1.82, 2.24) is 0 Å². The molecule has 1 heterocycles. The smallest absolute Gasteiger partial charge is 0.307 e. The number of para-hydroxylation sites is 1. The van der Waals surface area contributed by atoms with Crippen molar-refractivity contribution in [3.8, 4) is 0 Å². The van der Waals surface area contributed by atoms with E-state index in [1.807, 2.05) is 0 Å². The highest BCUT2D eigenvalue weighted by Gasteiger charge is 2.12. The summed E-state index contributed by atoms with van der Waals surface area (Å²) in [6.45, 7) is 0. The van der Waals surface area contributed by atoms with Crippen LogP contribution in [0.4, 0.5) is 5.69 Å². The van der Waals surface area contributed by atoms with Crippen LogP contribution < -0.4 is 5.32 Å². The first kappa shape index (κ1) is 13.6. The molecular weight excluding hydrogens is 286 g/mol. The van der Waals surface area contributed by atoms with Crippen LogP contribution in [0.3, 0.4) is 0 Å². The summed E-state index contributed by atoms with van der Waals surface area (Å²) in [5.74, 6) is -1.24. The highest BCUT2D eigenvalue weighted by Crippen LogP contribution is 2.23. The molecule has 19 heavy (non-hydrogen) atoms. The number of benzene rings is 1. The fourth-order valence-electron chi connectivity index (χ4n) is 1.58.